The molecule has 0 saturated carbocycles. The zero-order valence-corrected chi connectivity index (χ0v) is 14.5. The summed E-state index contributed by atoms with van der Waals surface area (Å²) in [6.07, 6.45) is 3.91. The molecule has 2 aromatic heterocycles. The maximum absolute atomic E-state index is 11.9. The molecule has 1 saturated heterocycles. The van der Waals surface area contributed by atoms with Crippen LogP contribution in [0.15, 0.2) is 40.1 Å². The van der Waals surface area contributed by atoms with Gasteiger partial charge in [-0.15, -0.1) is 0 Å². The molecular weight excluding hydrogens is 320 g/mol. The van der Waals surface area contributed by atoms with Crippen LogP contribution in [0.3, 0.4) is 0 Å². The number of nitrogens with one attached hydrogen (secondary N) is 1. The quantitative estimate of drug-likeness (QED) is 0.843. The Morgan fingerprint density at radius 2 is 2.04 bits per heavy atom. The Labute approximate surface area is 146 Å². The SMILES string of the molecule is Cc1cc(=O)n(CCN2CCC(OCc3ccccn3)CC2)c(=O)[nH]1. The van der Waals surface area contributed by atoms with Crippen molar-refractivity contribution in [2.45, 2.75) is 39.0 Å². The molecule has 134 valence electrons. The van der Waals surface area contributed by atoms with Gasteiger partial charge in [0.25, 0.3) is 5.56 Å². The first-order chi connectivity index (χ1) is 12.1. The molecule has 0 amide bonds. The molecule has 25 heavy (non-hydrogen) atoms. The highest BCUT2D eigenvalue weighted by molar-refractivity contribution is 5.02. The lowest BCUT2D eigenvalue weighted by Crippen LogP contribution is -2.42. The van der Waals surface area contributed by atoms with E-state index in [0.717, 1.165) is 31.6 Å². The average Bonchev–Trinajstić information content (AvgIpc) is 2.61. The summed E-state index contributed by atoms with van der Waals surface area (Å²) in [4.78, 5) is 33.0. The summed E-state index contributed by atoms with van der Waals surface area (Å²) in [7, 11) is 0. The van der Waals surface area contributed by atoms with Gasteiger partial charge in [-0.2, -0.15) is 0 Å². The van der Waals surface area contributed by atoms with Crippen LogP contribution in [0.1, 0.15) is 24.2 Å². The van der Waals surface area contributed by atoms with Crippen LogP contribution in [0, 0.1) is 6.92 Å². The molecule has 3 heterocycles. The number of aryl methyl sites for hydroxylation is 1. The fourth-order valence-electron chi connectivity index (χ4n) is 3.07. The van der Waals surface area contributed by atoms with Gasteiger partial charge in [0.1, 0.15) is 0 Å². The highest BCUT2D eigenvalue weighted by Crippen LogP contribution is 2.15. The summed E-state index contributed by atoms with van der Waals surface area (Å²) in [5.74, 6) is 0. The third-order valence-electron chi connectivity index (χ3n) is 4.52. The Morgan fingerprint density at radius 3 is 2.72 bits per heavy atom. The number of hydrogen-bond donors (Lipinski definition) is 1. The van der Waals surface area contributed by atoms with Gasteiger partial charge in [-0.25, -0.2) is 4.79 Å². The van der Waals surface area contributed by atoms with E-state index in [1.807, 2.05) is 18.2 Å². The third kappa shape index (κ3) is 4.87. The van der Waals surface area contributed by atoms with Crippen molar-refractivity contribution in [3.8, 4) is 0 Å². The summed E-state index contributed by atoms with van der Waals surface area (Å²) in [5.41, 5.74) is 0.966. The van der Waals surface area contributed by atoms with Crippen molar-refractivity contribution in [1.82, 2.24) is 19.4 Å². The Morgan fingerprint density at radius 1 is 1.24 bits per heavy atom. The van der Waals surface area contributed by atoms with Crippen LogP contribution in [0.4, 0.5) is 0 Å². The Hall–Kier alpha value is -2.25. The zero-order valence-electron chi connectivity index (χ0n) is 14.5. The largest absolute Gasteiger partial charge is 0.372 e. The van der Waals surface area contributed by atoms with Crippen LogP contribution in [0.5, 0.6) is 0 Å². The summed E-state index contributed by atoms with van der Waals surface area (Å²) < 4.78 is 7.19. The van der Waals surface area contributed by atoms with Crippen LogP contribution in [0.2, 0.25) is 0 Å². The first kappa shape index (κ1) is 17.6. The highest BCUT2D eigenvalue weighted by atomic mass is 16.5. The van der Waals surface area contributed by atoms with E-state index in [-0.39, 0.29) is 17.4 Å². The molecule has 7 nitrogen and oxygen atoms in total. The van der Waals surface area contributed by atoms with Crippen molar-refractivity contribution in [2.75, 3.05) is 19.6 Å². The second-order valence-electron chi connectivity index (χ2n) is 6.42. The van der Waals surface area contributed by atoms with Gasteiger partial charge in [-0.1, -0.05) is 6.07 Å². The van der Waals surface area contributed by atoms with Gasteiger partial charge in [-0.3, -0.25) is 14.3 Å². The number of pyridine rings is 1. The molecule has 3 rings (SSSR count). The van der Waals surface area contributed by atoms with Crippen LogP contribution in [-0.4, -0.2) is 45.2 Å². The van der Waals surface area contributed by atoms with E-state index in [4.69, 9.17) is 4.74 Å². The number of aromatic nitrogens is 3. The van der Waals surface area contributed by atoms with E-state index in [9.17, 15) is 9.59 Å². The highest BCUT2D eigenvalue weighted by Gasteiger charge is 2.20. The summed E-state index contributed by atoms with van der Waals surface area (Å²) >= 11 is 0. The van der Waals surface area contributed by atoms with E-state index < -0.39 is 0 Å². The minimum atomic E-state index is -0.335. The standard InChI is InChI=1S/C18H24N4O3/c1-14-12-17(23)22(18(24)20-14)11-10-21-8-5-16(6-9-21)25-13-15-4-2-3-7-19-15/h2-4,7,12,16H,5-6,8-11,13H2,1H3,(H,20,24). The number of piperidine rings is 1. The topological polar surface area (TPSA) is 80.2 Å². The predicted octanol–water partition coefficient (Wildman–Crippen LogP) is 0.921. The second-order valence-corrected chi connectivity index (χ2v) is 6.42. The smallest absolute Gasteiger partial charge is 0.328 e. The van der Waals surface area contributed by atoms with Crippen molar-refractivity contribution < 1.29 is 4.74 Å². The predicted molar refractivity (Wildman–Crippen MR) is 94.5 cm³/mol. The van der Waals surface area contributed by atoms with Crippen LogP contribution >= 0.6 is 0 Å². The average molecular weight is 344 g/mol. The number of hydrogen-bond acceptors (Lipinski definition) is 5. The van der Waals surface area contributed by atoms with Crippen molar-refractivity contribution in [2.24, 2.45) is 0 Å². The molecule has 1 N–H and O–H groups in total. The Balaban J connectivity index is 1.44. The first-order valence-electron chi connectivity index (χ1n) is 8.66. The van der Waals surface area contributed by atoms with Crippen LogP contribution in [-0.2, 0) is 17.9 Å². The molecule has 0 unspecified atom stereocenters. The number of likely N-dealkylation sites (tertiary alicyclic amines) is 1. The van der Waals surface area contributed by atoms with E-state index in [1.165, 1.54) is 10.6 Å². The molecule has 0 bridgehead atoms. The Kier molecular flexibility index (Phi) is 5.78. The molecule has 0 aromatic carbocycles. The van der Waals surface area contributed by atoms with Gasteiger partial charge in [0, 0.05) is 44.1 Å². The van der Waals surface area contributed by atoms with Crippen molar-refractivity contribution >= 4 is 0 Å². The van der Waals surface area contributed by atoms with Crippen LogP contribution < -0.4 is 11.2 Å². The van der Waals surface area contributed by atoms with E-state index >= 15 is 0 Å². The normalized spacial score (nSPS) is 16.2. The van der Waals surface area contributed by atoms with E-state index in [0.29, 0.717) is 25.4 Å². The maximum Gasteiger partial charge on any atom is 0.328 e. The fourth-order valence-corrected chi connectivity index (χ4v) is 3.07. The lowest BCUT2D eigenvalue weighted by atomic mass is 10.1. The summed E-state index contributed by atoms with van der Waals surface area (Å²) in [5, 5.41) is 0. The molecule has 0 aliphatic carbocycles. The number of aromatic amines is 1. The molecule has 2 aromatic rings. The van der Waals surface area contributed by atoms with Crippen LogP contribution in [0.25, 0.3) is 0 Å². The zero-order chi connectivity index (χ0) is 17.6. The van der Waals surface area contributed by atoms with Crippen molar-refractivity contribution in [3.63, 3.8) is 0 Å². The molecule has 1 aliphatic rings. The Bertz CT molecular complexity index is 761. The summed E-state index contributed by atoms with van der Waals surface area (Å²) in [6, 6.07) is 7.28. The molecule has 1 fully saturated rings. The van der Waals surface area contributed by atoms with Gasteiger partial charge >= 0.3 is 5.69 Å². The van der Waals surface area contributed by atoms with Gasteiger partial charge in [0.15, 0.2) is 0 Å². The van der Waals surface area contributed by atoms with E-state index in [1.54, 1.807) is 13.1 Å². The molecule has 0 atom stereocenters. The van der Waals surface area contributed by atoms with Gasteiger partial charge in [0.2, 0.25) is 0 Å². The lowest BCUT2D eigenvalue weighted by molar-refractivity contribution is -0.00430. The third-order valence-corrected chi connectivity index (χ3v) is 4.52. The van der Waals surface area contributed by atoms with E-state index in [2.05, 4.69) is 14.9 Å². The first-order valence-corrected chi connectivity index (χ1v) is 8.66. The minimum absolute atomic E-state index is 0.240. The fraction of sp³-hybridized carbons (Fsp3) is 0.500. The van der Waals surface area contributed by atoms with Crippen molar-refractivity contribution in [1.29, 1.82) is 0 Å². The maximum atomic E-state index is 11.9. The number of nitrogens with zero attached hydrogens (tertiary/aromatic N) is 3. The lowest BCUT2D eigenvalue weighted by Gasteiger charge is -2.31. The van der Waals surface area contributed by atoms with Gasteiger partial charge < -0.3 is 14.6 Å². The number of ether oxygens (including phenoxy) is 1. The monoisotopic (exact) mass is 344 g/mol. The second kappa shape index (κ2) is 8.22. The molecular formula is C18H24N4O3. The molecule has 1 aliphatic heterocycles. The number of rotatable bonds is 6. The van der Waals surface area contributed by atoms with Gasteiger partial charge in [0.05, 0.1) is 18.4 Å². The number of H-pyrrole nitrogens is 1. The summed E-state index contributed by atoms with van der Waals surface area (Å²) in [6.45, 7) is 5.17. The molecule has 7 heteroatoms. The molecule has 0 radical (unpaired) electrons. The minimum Gasteiger partial charge on any atom is -0.372 e. The van der Waals surface area contributed by atoms with Gasteiger partial charge in [-0.05, 0) is 31.9 Å². The molecule has 0 spiro atoms. The van der Waals surface area contributed by atoms with Crippen molar-refractivity contribution in [3.05, 3.63) is 62.7 Å².